The highest BCUT2D eigenvalue weighted by Gasteiger charge is 2.24. The van der Waals surface area contributed by atoms with Gasteiger partial charge in [-0.1, -0.05) is 12.8 Å². The standard InChI is InChI=1S/C13H18N4S/c1-8(7-9-3-4-9)15-12-11-10(5-6-18-11)16-13(14-2)17-12/h5-6,8-9H,3-4,7H2,1-2H3,(H2,14,15,16,17). The molecule has 2 N–H and O–H groups in total. The van der Waals surface area contributed by atoms with Gasteiger partial charge in [0.05, 0.1) is 10.2 Å². The molecule has 96 valence electrons. The Morgan fingerprint density at radius 1 is 1.44 bits per heavy atom. The molecule has 1 aliphatic rings. The van der Waals surface area contributed by atoms with E-state index < -0.39 is 0 Å². The lowest BCUT2D eigenvalue weighted by molar-refractivity contribution is 0.641. The molecule has 0 bridgehead atoms. The largest absolute Gasteiger partial charge is 0.366 e. The molecular weight excluding hydrogens is 244 g/mol. The van der Waals surface area contributed by atoms with Crippen LogP contribution in [0.5, 0.6) is 0 Å². The highest BCUT2D eigenvalue weighted by Crippen LogP contribution is 2.35. The smallest absolute Gasteiger partial charge is 0.225 e. The first-order chi connectivity index (χ1) is 8.76. The molecule has 3 rings (SSSR count). The molecule has 5 heteroatoms. The highest BCUT2D eigenvalue weighted by molar-refractivity contribution is 7.17. The number of fused-ring (bicyclic) bond motifs is 1. The van der Waals surface area contributed by atoms with Crippen molar-refractivity contribution in [2.75, 3.05) is 17.7 Å². The third-order valence-electron chi connectivity index (χ3n) is 3.29. The molecule has 0 saturated heterocycles. The SMILES string of the molecule is CNc1nc(NC(C)CC2CC2)c2sccc2n1. The number of hydrogen-bond donors (Lipinski definition) is 2. The summed E-state index contributed by atoms with van der Waals surface area (Å²) >= 11 is 1.69. The van der Waals surface area contributed by atoms with Crippen molar-refractivity contribution in [3.8, 4) is 0 Å². The number of rotatable bonds is 5. The summed E-state index contributed by atoms with van der Waals surface area (Å²) in [5, 5.41) is 8.62. The molecule has 0 aromatic carbocycles. The van der Waals surface area contributed by atoms with E-state index in [9.17, 15) is 0 Å². The average molecular weight is 262 g/mol. The number of anilines is 2. The van der Waals surface area contributed by atoms with Crippen LogP contribution < -0.4 is 10.6 Å². The fourth-order valence-electron chi connectivity index (χ4n) is 2.22. The van der Waals surface area contributed by atoms with Gasteiger partial charge in [0, 0.05) is 13.1 Å². The van der Waals surface area contributed by atoms with Gasteiger partial charge in [-0.05, 0) is 30.7 Å². The number of hydrogen-bond acceptors (Lipinski definition) is 5. The Morgan fingerprint density at radius 2 is 2.28 bits per heavy atom. The second kappa shape index (κ2) is 4.72. The minimum Gasteiger partial charge on any atom is -0.366 e. The maximum atomic E-state index is 4.54. The molecule has 18 heavy (non-hydrogen) atoms. The second-order valence-corrected chi connectivity index (χ2v) is 5.92. The van der Waals surface area contributed by atoms with E-state index in [0.717, 1.165) is 22.0 Å². The van der Waals surface area contributed by atoms with Gasteiger partial charge in [0.15, 0.2) is 0 Å². The molecule has 1 saturated carbocycles. The van der Waals surface area contributed by atoms with Crippen LogP contribution in [0.15, 0.2) is 11.4 Å². The Bertz CT molecular complexity index is 547. The van der Waals surface area contributed by atoms with Crippen LogP contribution in [-0.2, 0) is 0 Å². The van der Waals surface area contributed by atoms with Crippen LogP contribution in [-0.4, -0.2) is 23.1 Å². The van der Waals surface area contributed by atoms with Gasteiger partial charge >= 0.3 is 0 Å². The first-order valence-electron chi connectivity index (χ1n) is 6.46. The monoisotopic (exact) mass is 262 g/mol. The Labute approximate surface area is 111 Å². The van der Waals surface area contributed by atoms with Crippen molar-refractivity contribution in [2.24, 2.45) is 5.92 Å². The van der Waals surface area contributed by atoms with Crippen molar-refractivity contribution in [3.05, 3.63) is 11.4 Å². The van der Waals surface area contributed by atoms with Crippen molar-refractivity contribution >= 4 is 33.3 Å². The van der Waals surface area contributed by atoms with Gasteiger partial charge in [-0.2, -0.15) is 4.98 Å². The molecule has 2 aromatic rings. The Hall–Kier alpha value is -1.36. The van der Waals surface area contributed by atoms with Gasteiger partial charge in [-0.25, -0.2) is 4.98 Å². The van der Waals surface area contributed by atoms with Gasteiger partial charge in [-0.3, -0.25) is 0 Å². The van der Waals surface area contributed by atoms with Crippen LogP contribution in [0.25, 0.3) is 10.2 Å². The number of nitrogens with one attached hydrogen (secondary N) is 2. The van der Waals surface area contributed by atoms with E-state index in [-0.39, 0.29) is 0 Å². The van der Waals surface area contributed by atoms with E-state index >= 15 is 0 Å². The molecule has 2 aromatic heterocycles. The molecule has 0 radical (unpaired) electrons. The van der Waals surface area contributed by atoms with E-state index in [1.54, 1.807) is 11.3 Å². The zero-order chi connectivity index (χ0) is 12.5. The summed E-state index contributed by atoms with van der Waals surface area (Å²) in [6.07, 6.45) is 4.03. The minimum absolute atomic E-state index is 0.474. The summed E-state index contributed by atoms with van der Waals surface area (Å²) in [6, 6.07) is 2.52. The van der Waals surface area contributed by atoms with Crippen LogP contribution in [0, 0.1) is 5.92 Å². The lowest BCUT2D eigenvalue weighted by Gasteiger charge is -2.15. The summed E-state index contributed by atoms with van der Waals surface area (Å²) in [5.74, 6) is 2.58. The van der Waals surface area contributed by atoms with Crippen molar-refractivity contribution < 1.29 is 0 Å². The van der Waals surface area contributed by atoms with Crippen molar-refractivity contribution in [3.63, 3.8) is 0 Å². The molecule has 0 spiro atoms. The number of thiophene rings is 1. The van der Waals surface area contributed by atoms with E-state index in [1.165, 1.54) is 19.3 Å². The summed E-state index contributed by atoms with van der Waals surface area (Å²) in [7, 11) is 1.85. The van der Waals surface area contributed by atoms with Crippen LogP contribution in [0.3, 0.4) is 0 Å². The summed E-state index contributed by atoms with van der Waals surface area (Å²) in [5.41, 5.74) is 1.01. The normalized spacial score (nSPS) is 16.8. The molecule has 1 fully saturated rings. The molecule has 4 nitrogen and oxygen atoms in total. The third-order valence-corrected chi connectivity index (χ3v) is 4.20. The topological polar surface area (TPSA) is 49.8 Å². The predicted octanol–water partition coefficient (Wildman–Crippen LogP) is 3.33. The quantitative estimate of drug-likeness (QED) is 0.867. The molecule has 1 aliphatic carbocycles. The van der Waals surface area contributed by atoms with Crippen LogP contribution in [0.4, 0.5) is 11.8 Å². The van der Waals surface area contributed by atoms with Crippen molar-refractivity contribution in [1.82, 2.24) is 9.97 Å². The average Bonchev–Trinajstić information content (AvgIpc) is 3.03. The van der Waals surface area contributed by atoms with Gasteiger partial charge in [0.1, 0.15) is 5.82 Å². The number of aromatic nitrogens is 2. The first kappa shape index (κ1) is 11.7. The lowest BCUT2D eigenvalue weighted by atomic mass is 10.1. The van der Waals surface area contributed by atoms with Crippen molar-refractivity contribution in [1.29, 1.82) is 0 Å². The van der Waals surface area contributed by atoms with Gasteiger partial charge in [-0.15, -0.1) is 11.3 Å². The minimum atomic E-state index is 0.474. The molecule has 2 heterocycles. The van der Waals surface area contributed by atoms with Crippen molar-refractivity contribution in [2.45, 2.75) is 32.2 Å². The maximum absolute atomic E-state index is 4.54. The molecular formula is C13H18N4S. The molecule has 1 unspecified atom stereocenters. The summed E-state index contributed by atoms with van der Waals surface area (Å²) in [6.45, 7) is 2.24. The Kier molecular flexibility index (Phi) is 3.07. The van der Waals surface area contributed by atoms with Gasteiger partial charge < -0.3 is 10.6 Å². The van der Waals surface area contributed by atoms with E-state index in [2.05, 4.69) is 32.9 Å². The molecule has 0 amide bonds. The Morgan fingerprint density at radius 3 is 3.00 bits per heavy atom. The highest BCUT2D eigenvalue weighted by atomic mass is 32.1. The third kappa shape index (κ3) is 2.41. The Balaban J connectivity index is 1.86. The van der Waals surface area contributed by atoms with Crippen LogP contribution in [0.2, 0.25) is 0 Å². The van der Waals surface area contributed by atoms with Gasteiger partial charge in [0.25, 0.3) is 0 Å². The predicted molar refractivity (Wildman–Crippen MR) is 77.4 cm³/mol. The van der Waals surface area contributed by atoms with E-state index in [0.29, 0.717) is 12.0 Å². The maximum Gasteiger partial charge on any atom is 0.225 e. The summed E-state index contributed by atoms with van der Waals surface area (Å²) < 4.78 is 1.15. The fourth-order valence-corrected chi connectivity index (χ4v) is 3.00. The molecule has 0 aliphatic heterocycles. The zero-order valence-electron chi connectivity index (χ0n) is 10.7. The summed E-state index contributed by atoms with van der Waals surface area (Å²) in [4.78, 5) is 8.98. The van der Waals surface area contributed by atoms with E-state index in [1.807, 2.05) is 13.1 Å². The van der Waals surface area contributed by atoms with Crippen LogP contribution >= 0.6 is 11.3 Å². The van der Waals surface area contributed by atoms with E-state index in [4.69, 9.17) is 0 Å². The first-order valence-corrected chi connectivity index (χ1v) is 7.33. The lowest BCUT2D eigenvalue weighted by Crippen LogP contribution is -2.17. The second-order valence-electron chi connectivity index (χ2n) is 5.01. The van der Waals surface area contributed by atoms with Gasteiger partial charge in [0.2, 0.25) is 5.95 Å². The van der Waals surface area contributed by atoms with Crippen LogP contribution in [0.1, 0.15) is 26.2 Å². The molecule has 1 atom stereocenters. The fraction of sp³-hybridized carbons (Fsp3) is 0.538. The number of nitrogens with zero attached hydrogens (tertiary/aromatic N) is 2. The zero-order valence-corrected chi connectivity index (χ0v) is 11.5.